The highest BCUT2D eigenvalue weighted by atomic mass is 28.3. The molecule has 0 saturated carbocycles. The van der Waals surface area contributed by atoms with Crippen LogP contribution >= 0.6 is 0 Å². The lowest BCUT2D eigenvalue weighted by Crippen LogP contribution is -2.19. The van der Waals surface area contributed by atoms with Gasteiger partial charge in [-0.25, -0.2) is 0 Å². The van der Waals surface area contributed by atoms with Gasteiger partial charge >= 0.3 is 0 Å². The third kappa shape index (κ3) is 1.82. The predicted molar refractivity (Wildman–Crippen MR) is 45.5 cm³/mol. The van der Waals surface area contributed by atoms with E-state index in [1.807, 2.05) is 0 Å². The Morgan fingerprint density at radius 3 is 2.89 bits per heavy atom. The lowest BCUT2D eigenvalue weighted by Gasteiger charge is -2.13. The molecule has 0 radical (unpaired) electrons. The molecule has 0 aliphatic carbocycles. The normalized spacial score (nSPS) is 50.0. The first kappa shape index (κ1) is 4.17. The molecule has 2 unspecified atom stereocenters. The molecule has 1 aliphatic heterocycles. The molecule has 0 amide bonds. The Labute approximate surface area is 63.9 Å². The van der Waals surface area contributed by atoms with E-state index in [-0.39, 0.29) is 0 Å². The highest BCUT2D eigenvalue weighted by Crippen LogP contribution is 2.36. The standard InChI is InChI=1S/C8H18Si/c1-4-8-5-6-9(2,3)7-8/h8H,4-7H2,1-3H3/i2D3. The molecule has 0 spiro atoms. The number of hydrogen-bond donors (Lipinski definition) is 0. The van der Waals surface area contributed by atoms with Gasteiger partial charge in [0.15, 0.2) is 0 Å². The van der Waals surface area contributed by atoms with Gasteiger partial charge in [0.1, 0.15) is 0 Å². The van der Waals surface area contributed by atoms with Crippen molar-refractivity contribution in [1.29, 1.82) is 0 Å². The van der Waals surface area contributed by atoms with Crippen LogP contribution in [-0.4, -0.2) is 8.07 Å². The van der Waals surface area contributed by atoms with Gasteiger partial charge in [0.25, 0.3) is 0 Å². The van der Waals surface area contributed by atoms with Crippen LogP contribution in [-0.2, 0) is 0 Å². The summed E-state index contributed by atoms with van der Waals surface area (Å²) in [6.45, 7) is 2.61. The van der Waals surface area contributed by atoms with E-state index in [1.165, 1.54) is 6.42 Å². The molecule has 1 aliphatic rings. The van der Waals surface area contributed by atoms with Crippen molar-refractivity contribution >= 4 is 8.07 Å². The minimum atomic E-state index is -1.87. The third-order valence-electron chi connectivity index (χ3n) is 2.42. The zero-order valence-electron chi connectivity index (χ0n) is 9.41. The Kier molecular flexibility index (Phi) is 1.13. The average molecular weight is 145 g/mol. The molecule has 1 saturated heterocycles. The van der Waals surface area contributed by atoms with E-state index in [0.717, 1.165) is 18.5 Å². The van der Waals surface area contributed by atoms with Crippen molar-refractivity contribution in [3.63, 3.8) is 0 Å². The topological polar surface area (TPSA) is 0 Å². The molecule has 1 heterocycles. The fraction of sp³-hybridized carbons (Fsp3) is 1.00. The second kappa shape index (κ2) is 2.45. The summed E-state index contributed by atoms with van der Waals surface area (Å²) in [6.07, 6.45) is 2.33. The molecule has 9 heavy (non-hydrogen) atoms. The molecule has 1 heteroatoms. The molecular weight excluding hydrogens is 124 g/mol. The predicted octanol–water partition coefficient (Wildman–Crippen LogP) is 3.12. The molecule has 1 rings (SSSR count). The van der Waals surface area contributed by atoms with E-state index in [2.05, 4.69) is 13.5 Å². The number of rotatable bonds is 1. The first-order valence-corrected chi connectivity index (χ1v) is 6.80. The largest absolute Gasteiger partial charge is 0.0693 e. The van der Waals surface area contributed by atoms with E-state index in [1.54, 1.807) is 0 Å². The summed E-state index contributed by atoms with van der Waals surface area (Å²) in [5.74, 6) is 0.710. The Balaban J connectivity index is 2.64. The van der Waals surface area contributed by atoms with Crippen LogP contribution in [0.3, 0.4) is 0 Å². The lowest BCUT2D eigenvalue weighted by atomic mass is 10.1. The van der Waals surface area contributed by atoms with Crippen molar-refractivity contribution in [1.82, 2.24) is 0 Å². The summed E-state index contributed by atoms with van der Waals surface area (Å²) in [6, 6.07) is 2.04. The van der Waals surface area contributed by atoms with E-state index < -0.39 is 14.5 Å². The summed E-state index contributed by atoms with van der Waals surface area (Å²) in [4.78, 5) is 0. The van der Waals surface area contributed by atoms with Crippen molar-refractivity contribution in [3.05, 3.63) is 0 Å². The van der Waals surface area contributed by atoms with Gasteiger partial charge in [0, 0.05) is 12.2 Å². The minimum Gasteiger partial charge on any atom is -0.0693 e. The molecule has 0 bridgehead atoms. The highest BCUT2D eigenvalue weighted by Gasteiger charge is 2.31. The van der Waals surface area contributed by atoms with Gasteiger partial charge < -0.3 is 0 Å². The van der Waals surface area contributed by atoms with Crippen molar-refractivity contribution in [2.24, 2.45) is 5.92 Å². The number of hydrogen-bond acceptors (Lipinski definition) is 0. The van der Waals surface area contributed by atoms with Crippen LogP contribution < -0.4 is 0 Å². The monoisotopic (exact) mass is 145 g/mol. The van der Waals surface area contributed by atoms with Gasteiger partial charge in [0.05, 0.1) is 0 Å². The average Bonchev–Trinajstić information content (AvgIpc) is 2.31. The van der Waals surface area contributed by atoms with Crippen LogP contribution in [0.1, 0.15) is 23.9 Å². The van der Waals surface area contributed by atoms with Gasteiger partial charge in [-0.05, 0) is 5.92 Å². The second-order valence-corrected chi connectivity index (χ2v) is 7.61. The summed E-state index contributed by atoms with van der Waals surface area (Å²) in [5.41, 5.74) is 0. The van der Waals surface area contributed by atoms with Crippen LogP contribution in [0.5, 0.6) is 0 Å². The zero-order chi connectivity index (χ0) is 9.41. The highest BCUT2D eigenvalue weighted by molar-refractivity contribution is 6.78. The molecule has 0 nitrogen and oxygen atoms in total. The van der Waals surface area contributed by atoms with Gasteiger partial charge in [-0.15, -0.1) is 0 Å². The fourth-order valence-corrected chi connectivity index (χ4v) is 4.73. The molecule has 0 aromatic rings. The van der Waals surface area contributed by atoms with Crippen LogP contribution in [0.4, 0.5) is 0 Å². The van der Waals surface area contributed by atoms with Gasteiger partial charge in [-0.1, -0.05) is 44.9 Å². The van der Waals surface area contributed by atoms with Crippen LogP contribution in [0.15, 0.2) is 0 Å². The first-order valence-electron chi connectivity index (χ1n) is 5.39. The maximum absolute atomic E-state index is 7.49. The van der Waals surface area contributed by atoms with Crippen molar-refractivity contribution in [2.45, 2.75) is 44.9 Å². The quantitative estimate of drug-likeness (QED) is 0.497. The van der Waals surface area contributed by atoms with Crippen molar-refractivity contribution in [2.75, 3.05) is 0 Å². The SMILES string of the molecule is [2H]C([2H])([2H])[Si]1(C)CCC(CC)C1. The Bertz CT molecular complexity index is 166. The van der Waals surface area contributed by atoms with E-state index in [0.29, 0.717) is 5.92 Å². The maximum atomic E-state index is 7.49. The Morgan fingerprint density at radius 1 is 1.78 bits per heavy atom. The van der Waals surface area contributed by atoms with Crippen LogP contribution in [0.2, 0.25) is 25.1 Å². The minimum absolute atomic E-state index is 0.710. The summed E-state index contributed by atoms with van der Waals surface area (Å²) in [5, 5.41) is 0. The van der Waals surface area contributed by atoms with Crippen molar-refractivity contribution in [3.8, 4) is 0 Å². The zero-order valence-corrected chi connectivity index (χ0v) is 7.41. The van der Waals surface area contributed by atoms with Crippen LogP contribution in [0.25, 0.3) is 0 Å². The van der Waals surface area contributed by atoms with Crippen LogP contribution in [0, 0.1) is 5.92 Å². The molecular formula is C8H18Si. The molecule has 2 atom stereocenters. The molecule has 0 aromatic heterocycles. The van der Waals surface area contributed by atoms with Gasteiger partial charge in [0.2, 0.25) is 0 Å². The maximum Gasteiger partial charge on any atom is 0.0476 e. The van der Waals surface area contributed by atoms with Crippen molar-refractivity contribution < 1.29 is 4.11 Å². The van der Waals surface area contributed by atoms with E-state index in [9.17, 15) is 0 Å². The summed E-state index contributed by atoms with van der Waals surface area (Å²) in [7, 11) is -1.87. The van der Waals surface area contributed by atoms with E-state index in [4.69, 9.17) is 4.11 Å². The Morgan fingerprint density at radius 2 is 2.56 bits per heavy atom. The fourth-order valence-electron chi connectivity index (χ4n) is 1.71. The summed E-state index contributed by atoms with van der Waals surface area (Å²) < 4.78 is 22.5. The third-order valence-corrected chi connectivity index (χ3v) is 5.29. The van der Waals surface area contributed by atoms with E-state index >= 15 is 0 Å². The molecule has 54 valence electrons. The van der Waals surface area contributed by atoms with Gasteiger partial charge in [-0.3, -0.25) is 0 Å². The molecule has 0 N–H and O–H groups in total. The second-order valence-electron chi connectivity index (χ2n) is 3.58. The molecule has 1 fully saturated rings. The molecule has 0 aromatic carbocycles. The van der Waals surface area contributed by atoms with Gasteiger partial charge in [-0.2, -0.15) is 0 Å². The smallest absolute Gasteiger partial charge is 0.0476 e. The lowest BCUT2D eigenvalue weighted by molar-refractivity contribution is 0.569. The first-order chi connectivity index (χ1) is 5.39. The summed E-state index contributed by atoms with van der Waals surface area (Å²) >= 11 is 0. The Hall–Kier alpha value is 0.217.